The Morgan fingerprint density at radius 2 is 1.63 bits per heavy atom. The summed E-state index contributed by atoms with van der Waals surface area (Å²) in [5.74, 6) is 2.31. The predicted octanol–water partition coefficient (Wildman–Crippen LogP) is 9.14. The lowest BCUT2D eigenvalue weighted by molar-refractivity contribution is 0.305. The van der Waals surface area contributed by atoms with Gasteiger partial charge in [-0.05, 0) is 95.7 Å². The van der Waals surface area contributed by atoms with Gasteiger partial charge in [0.05, 0.1) is 0 Å². The van der Waals surface area contributed by atoms with Gasteiger partial charge in [0.1, 0.15) is 12.4 Å². The van der Waals surface area contributed by atoms with Gasteiger partial charge >= 0.3 is 0 Å². The standard InChI is InChI=1S/C25H20BrCl3O/c26-17-5-3-14(4-6-17)21-12-22(21)20-8-7-19(11-23(20)28)30-13-16-9-18(27)10-24(29)25(16)15-1-2-15/h3-11,15,21-22H,1-2,12-13H2. The van der Waals surface area contributed by atoms with E-state index in [1.807, 2.05) is 24.3 Å². The van der Waals surface area contributed by atoms with Crippen molar-refractivity contribution >= 4 is 50.7 Å². The normalized spacial score (nSPS) is 20.3. The molecule has 30 heavy (non-hydrogen) atoms. The molecule has 1 nitrogen and oxygen atoms in total. The molecule has 0 heterocycles. The Hall–Kier alpha value is -1.19. The van der Waals surface area contributed by atoms with Gasteiger partial charge in [0, 0.05) is 19.5 Å². The molecule has 0 saturated heterocycles. The summed E-state index contributed by atoms with van der Waals surface area (Å²) in [6.45, 7) is 0.437. The first kappa shape index (κ1) is 20.7. The van der Waals surface area contributed by atoms with Crippen molar-refractivity contribution in [2.24, 2.45) is 0 Å². The van der Waals surface area contributed by atoms with Crippen LogP contribution in [0.1, 0.15) is 59.3 Å². The molecule has 0 N–H and O–H groups in total. The largest absolute Gasteiger partial charge is 0.489 e. The van der Waals surface area contributed by atoms with Gasteiger partial charge in [0.25, 0.3) is 0 Å². The van der Waals surface area contributed by atoms with Crippen LogP contribution >= 0.6 is 50.7 Å². The van der Waals surface area contributed by atoms with E-state index in [1.54, 1.807) is 0 Å². The number of rotatable bonds is 6. The summed E-state index contributed by atoms with van der Waals surface area (Å²) in [5.41, 5.74) is 4.80. The van der Waals surface area contributed by atoms with E-state index in [2.05, 4.69) is 46.3 Å². The summed E-state index contributed by atoms with van der Waals surface area (Å²) < 4.78 is 7.18. The highest BCUT2D eigenvalue weighted by molar-refractivity contribution is 9.10. The lowest BCUT2D eigenvalue weighted by Gasteiger charge is -2.14. The van der Waals surface area contributed by atoms with Crippen LogP contribution in [0.5, 0.6) is 5.75 Å². The first-order valence-electron chi connectivity index (χ1n) is 10.1. The maximum absolute atomic E-state index is 6.64. The van der Waals surface area contributed by atoms with Crippen LogP contribution in [-0.4, -0.2) is 0 Å². The highest BCUT2D eigenvalue weighted by Crippen LogP contribution is 2.56. The average molecular weight is 523 g/mol. The Balaban J connectivity index is 1.29. The zero-order valence-corrected chi connectivity index (χ0v) is 20.0. The smallest absolute Gasteiger partial charge is 0.121 e. The second-order valence-corrected chi connectivity index (χ2v) is 10.4. The molecule has 3 aromatic rings. The van der Waals surface area contributed by atoms with Crippen LogP contribution in [-0.2, 0) is 6.61 Å². The summed E-state index contributed by atoms with van der Waals surface area (Å²) >= 11 is 22.8. The maximum Gasteiger partial charge on any atom is 0.121 e. The van der Waals surface area contributed by atoms with Gasteiger partial charge in [-0.1, -0.05) is 68.9 Å². The number of benzene rings is 3. The Morgan fingerprint density at radius 3 is 2.33 bits per heavy atom. The summed E-state index contributed by atoms with van der Waals surface area (Å²) in [5, 5.41) is 2.15. The molecule has 5 heteroatoms. The van der Waals surface area contributed by atoms with Crippen molar-refractivity contribution in [3.05, 3.63) is 96.4 Å². The molecule has 2 fully saturated rings. The van der Waals surface area contributed by atoms with Gasteiger partial charge in [-0.2, -0.15) is 0 Å². The summed E-state index contributed by atoms with van der Waals surface area (Å²) in [6, 6.07) is 18.4. The first-order valence-corrected chi connectivity index (χ1v) is 12.1. The van der Waals surface area contributed by atoms with E-state index in [4.69, 9.17) is 39.5 Å². The molecule has 2 atom stereocenters. The van der Waals surface area contributed by atoms with Gasteiger partial charge in [0.15, 0.2) is 0 Å². The third-order valence-electron chi connectivity index (χ3n) is 6.02. The molecule has 0 spiro atoms. The molecule has 2 unspecified atom stereocenters. The number of ether oxygens (including phenoxy) is 1. The van der Waals surface area contributed by atoms with E-state index >= 15 is 0 Å². The highest BCUT2D eigenvalue weighted by atomic mass is 79.9. The van der Waals surface area contributed by atoms with Crippen LogP contribution in [0.25, 0.3) is 0 Å². The molecular formula is C25H20BrCl3O. The zero-order valence-electron chi connectivity index (χ0n) is 16.2. The molecular weight excluding hydrogens is 503 g/mol. The van der Waals surface area contributed by atoms with Crippen molar-refractivity contribution in [3.63, 3.8) is 0 Å². The second-order valence-electron chi connectivity index (χ2n) is 8.21. The van der Waals surface area contributed by atoms with Crippen LogP contribution in [0, 0.1) is 0 Å². The monoisotopic (exact) mass is 520 g/mol. The maximum atomic E-state index is 6.64. The fourth-order valence-electron chi connectivity index (χ4n) is 4.26. The van der Waals surface area contributed by atoms with Crippen LogP contribution in [0.2, 0.25) is 15.1 Å². The van der Waals surface area contributed by atoms with Crippen molar-refractivity contribution in [3.8, 4) is 5.75 Å². The van der Waals surface area contributed by atoms with Crippen molar-refractivity contribution in [1.82, 2.24) is 0 Å². The molecule has 5 rings (SSSR count). The molecule has 0 amide bonds. The van der Waals surface area contributed by atoms with E-state index in [1.165, 1.54) is 29.5 Å². The van der Waals surface area contributed by atoms with Gasteiger partial charge in [-0.3, -0.25) is 0 Å². The molecule has 154 valence electrons. The van der Waals surface area contributed by atoms with Crippen molar-refractivity contribution in [2.45, 2.75) is 43.6 Å². The molecule has 2 aliphatic carbocycles. The third-order valence-corrected chi connectivity index (χ3v) is 7.41. The average Bonchev–Trinajstić information content (AvgIpc) is 3.61. The van der Waals surface area contributed by atoms with E-state index in [0.717, 1.165) is 32.3 Å². The van der Waals surface area contributed by atoms with Crippen LogP contribution in [0.3, 0.4) is 0 Å². The van der Waals surface area contributed by atoms with Crippen LogP contribution in [0.4, 0.5) is 0 Å². The molecule has 0 aromatic heterocycles. The van der Waals surface area contributed by atoms with Crippen molar-refractivity contribution < 1.29 is 4.74 Å². The molecule has 2 saturated carbocycles. The quantitative estimate of drug-likeness (QED) is 0.314. The summed E-state index contributed by atoms with van der Waals surface area (Å²) in [4.78, 5) is 0. The number of hydrogen-bond acceptors (Lipinski definition) is 1. The second kappa shape index (κ2) is 8.39. The molecule has 0 aliphatic heterocycles. The Labute approximate surface area is 200 Å². The number of hydrogen-bond donors (Lipinski definition) is 0. The minimum Gasteiger partial charge on any atom is -0.489 e. The van der Waals surface area contributed by atoms with Crippen LogP contribution < -0.4 is 4.74 Å². The van der Waals surface area contributed by atoms with E-state index in [9.17, 15) is 0 Å². The minimum atomic E-state index is 0.437. The van der Waals surface area contributed by atoms with Gasteiger partial charge in [-0.25, -0.2) is 0 Å². The zero-order chi connectivity index (χ0) is 20.8. The third kappa shape index (κ3) is 4.39. The fraction of sp³-hybridized carbons (Fsp3) is 0.280. The van der Waals surface area contributed by atoms with E-state index in [-0.39, 0.29) is 0 Å². The van der Waals surface area contributed by atoms with Crippen LogP contribution in [0.15, 0.2) is 59.1 Å². The molecule has 2 aliphatic rings. The predicted molar refractivity (Wildman–Crippen MR) is 128 cm³/mol. The van der Waals surface area contributed by atoms with E-state index in [0.29, 0.717) is 29.4 Å². The van der Waals surface area contributed by atoms with Gasteiger partial charge in [0.2, 0.25) is 0 Å². The van der Waals surface area contributed by atoms with Gasteiger partial charge in [-0.15, -0.1) is 0 Å². The van der Waals surface area contributed by atoms with Gasteiger partial charge < -0.3 is 4.74 Å². The van der Waals surface area contributed by atoms with Crippen molar-refractivity contribution in [1.29, 1.82) is 0 Å². The highest BCUT2D eigenvalue weighted by Gasteiger charge is 2.40. The van der Waals surface area contributed by atoms with Crippen molar-refractivity contribution in [2.75, 3.05) is 0 Å². The Kier molecular flexibility index (Phi) is 5.79. The lowest BCUT2D eigenvalue weighted by Crippen LogP contribution is -2.01. The first-order chi connectivity index (χ1) is 14.5. The van der Waals surface area contributed by atoms with E-state index < -0.39 is 0 Å². The fourth-order valence-corrected chi connectivity index (χ4v) is 5.53. The molecule has 0 radical (unpaired) electrons. The minimum absolute atomic E-state index is 0.437. The number of halogens is 4. The SMILES string of the molecule is Clc1cc(Cl)c(C2CC2)c(COc2ccc(C3CC3c3ccc(Br)cc3)c(Cl)c2)c1. The Bertz CT molecular complexity index is 1090. The Morgan fingerprint density at radius 1 is 0.867 bits per heavy atom. The molecule has 0 bridgehead atoms. The summed E-state index contributed by atoms with van der Waals surface area (Å²) in [6.07, 6.45) is 3.49. The lowest BCUT2D eigenvalue weighted by atomic mass is 10.0. The summed E-state index contributed by atoms with van der Waals surface area (Å²) in [7, 11) is 0. The topological polar surface area (TPSA) is 9.23 Å². The molecule has 3 aromatic carbocycles.